The van der Waals surface area contributed by atoms with Crippen molar-refractivity contribution in [1.29, 1.82) is 0 Å². The minimum atomic E-state index is -0.261. The zero-order chi connectivity index (χ0) is 24.6. The van der Waals surface area contributed by atoms with Gasteiger partial charge in [-0.05, 0) is 81.1 Å². The highest BCUT2D eigenvalue weighted by Gasteiger charge is 2.44. The summed E-state index contributed by atoms with van der Waals surface area (Å²) in [4.78, 5) is 11.6. The number of rotatable bonds is 6. The molecule has 1 saturated carbocycles. The summed E-state index contributed by atoms with van der Waals surface area (Å²) in [5.41, 5.74) is 11.1. The highest BCUT2D eigenvalue weighted by Crippen LogP contribution is 2.46. The van der Waals surface area contributed by atoms with E-state index < -0.39 is 0 Å². The van der Waals surface area contributed by atoms with Crippen molar-refractivity contribution in [3.63, 3.8) is 0 Å². The molecule has 1 aliphatic heterocycles. The summed E-state index contributed by atoms with van der Waals surface area (Å²) in [5.74, 6) is 1.11. The third-order valence-corrected chi connectivity index (χ3v) is 8.95. The second-order valence-electron chi connectivity index (χ2n) is 10.2. The molecule has 8 heteroatoms. The summed E-state index contributed by atoms with van der Waals surface area (Å²) in [6.45, 7) is 8.92. The van der Waals surface area contributed by atoms with Gasteiger partial charge in [-0.1, -0.05) is 37.7 Å². The van der Waals surface area contributed by atoms with E-state index in [1.807, 2.05) is 6.07 Å². The van der Waals surface area contributed by atoms with Crippen LogP contribution < -0.4 is 26.6 Å². The highest BCUT2D eigenvalue weighted by atomic mass is 35.5. The number of nitrogens with zero attached hydrogens (tertiary/aromatic N) is 3. The zero-order valence-corrected chi connectivity index (χ0v) is 22.3. The molecule has 0 amide bonds. The number of benzene rings is 2. The Labute approximate surface area is 214 Å². The van der Waals surface area contributed by atoms with Gasteiger partial charge in [0.1, 0.15) is 5.02 Å². The average molecular weight is 509 g/mol. The summed E-state index contributed by atoms with van der Waals surface area (Å²) in [6.07, 6.45) is 6.49. The molecule has 35 heavy (non-hydrogen) atoms. The molecular weight excluding hydrogens is 475 g/mol. The molecule has 1 aromatic heterocycles. The number of nitrogens with two attached hydrogens (primary N) is 1. The Bertz CT molecular complexity index is 1200. The SMILES string of the molecule is Cc1cc(Nc2ncc(Cl)c(Nc3ccccc3P(C)C)n2)ccc1N1CC2(CCC(N)CC2)C1. The molecule has 1 saturated heterocycles. The molecule has 4 N–H and O–H groups in total. The van der Waals surface area contributed by atoms with Crippen LogP contribution in [-0.4, -0.2) is 42.4 Å². The minimum absolute atomic E-state index is 0.261. The van der Waals surface area contributed by atoms with Crippen molar-refractivity contribution in [3.8, 4) is 0 Å². The average Bonchev–Trinajstić information content (AvgIpc) is 2.81. The number of para-hydroxylation sites is 1. The van der Waals surface area contributed by atoms with E-state index in [0.717, 1.165) is 37.3 Å². The predicted molar refractivity (Wildman–Crippen MR) is 151 cm³/mol. The maximum absolute atomic E-state index is 6.43. The Kier molecular flexibility index (Phi) is 6.89. The number of aryl methyl sites for hydroxylation is 1. The van der Waals surface area contributed by atoms with Crippen LogP contribution in [0, 0.1) is 12.3 Å². The number of hydrogen-bond donors (Lipinski definition) is 3. The van der Waals surface area contributed by atoms with Crippen LogP contribution in [0.15, 0.2) is 48.7 Å². The number of aromatic nitrogens is 2. The molecule has 0 radical (unpaired) electrons. The molecule has 2 aliphatic rings. The van der Waals surface area contributed by atoms with E-state index in [-0.39, 0.29) is 7.92 Å². The van der Waals surface area contributed by atoms with Gasteiger partial charge < -0.3 is 21.3 Å². The molecule has 184 valence electrons. The summed E-state index contributed by atoms with van der Waals surface area (Å²) in [7, 11) is -0.261. The molecule has 0 unspecified atom stereocenters. The molecule has 6 nitrogen and oxygen atoms in total. The fourth-order valence-corrected chi connectivity index (χ4v) is 6.47. The summed E-state index contributed by atoms with van der Waals surface area (Å²) < 4.78 is 0. The molecule has 1 aliphatic carbocycles. The van der Waals surface area contributed by atoms with E-state index >= 15 is 0 Å². The molecule has 0 atom stereocenters. The number of nitrogens with one attached hydrogen (secondary N) is 2. The van der Waals surface area contributed by atoms with E-state index in [2.05, 4.69) is 82.2 Å². The number of anilines is 5. The molecule has 2 fully saturated rings. The lowest BCUT2D eigenvalue weighted by Crippen LogP contribution is -2.58. The molecule has 3 aromatic rings. The van der Waals surface area contributed by atoms with Gasteiger partial charge in [-0.2, -0.15) is 4.98 Å². The van der Waals surface area contributed by atoms with Gasteiger partial charge >= 0.3 is 0 Å². The summed E-state index contributed by atoms with van der Waals surface area (Å²) in [6, 6.07) is 15.2. The van der Waals surface area contributed by atoms with Gasteiger partial charge in [0.2, 0.25) is 5.95 Å². The van der Waals surface area contributed by atoms with Crippen LogP contribution in [0.3, 0.4) is 0 Å². The maximum Gasteiger partial charge on any atom is 0.229 e. The quantitative estimate of drug-likeness (QED) is 0.354. The van der Waals surface area contributed by atoms with E-state index in [1.54, 1.807) is 6.20 Å². The van der Waals surface area contributed by atoms with Crippen molar-refractivity contribution in [3.05, 3.63) is 59.2 Å². The fraction of sp³-hybridized carbons (Fsp3) is 0.407. The topological polar surface area (TPSA) is 79.1 Å². The fourth-order valence-electron chi connectivity index (χ4n) is 5.33. The lowest BCUT2D eigenvalue weighted by Gasteiger charge is -2.54. The van der Waals surface area contributed by atoms with Gasteiger partial charge in [0, 0.05) is 41.6 Å². The molecule has 2 heterocycles. The van der Waals surface area contributed by atoms with E-state index in [9.17, 15) is 0 Å². The Morgan fingerprint density at radius 1 is 1.09 bits per heavy atom. The van der Waals surface area contributed by atoms with E-state index in [4.69, 9.17) is 17.3 Å². The number of halogens is 1. The van der Waals surface area contributed by atoms with Gasteiger partial charge in [-0.3, -0.25) is 0 Å². The predicted octanol–water partition coefficient (Wildman–Crippen LogP) is 6.00. The van der Waals surface area contributed by atoms with Gasteiger partial charge in [0.25, 0.3) is 0 Å². The second kappa shape index (κ2) is 9.93. The normalized spacial score (nSPS) is 17.5. The Hall–Kier alpha value is -2.40. The molecule has 0 bridgehead atoms. The first-order chi connectivity index (χ1) is 16.8. The highest BCUT2D eigenvalue weighted by molar-refractivity contribution is 7.64. The summed E-state index contributed by atoms with van der Waals surface area (Å²) in [5, 5.41) is 8.53. The van der Waals surface area contributed by atoms with Crippen LogP contribution in [-0.2, 0) is 0 Å². The lowest BCUT2D eigenvalue weighted by molar-refractivity contribution is 0.129. The van der Waals surface area contributed by atoms with Crippen molar-refractivity contribution >= 4 is 53.7 Å². The largest absolute Gasteiger partial charge is 0.370 e. The van der Waals surface area contributed by atoms with Crippen molar-refractivity contribution in [1.82, 2.24) is 9.97 Å². The van der Waals surface area contributed by atoms with Crippen LogP contribution in [0.2, 0.25) is 5.02 Å². The van der Waals surface area contributed by atoms with Crippen LogP contribution in [0.4, 0.5) is 28.8 Å². The Morgan fingerprint density at radius 3 is 2.54 bits per heavy atom. The summed E-state index contributed by atoms with van der Waals surface area (Å²) >= 11 is 6.43. The molecular formula is C27H34ClN6P. The van der Waals surface area contributed by atoms with Crippen LogP contribution >= 0.6 is 19.5 Å². The first kappa shape index (κ1) is 24.3. The van der Waals surface area contributed by atoms with Crippen molar-refractivity contribution in [2.75, 3.05) is 42.0 Å². The van der Waals surface area contributed by atoms with Crippen molar-refractivity contribution in [2.45, 2.75) is 38.6 Å². The number of hydrogen-bond acceptors (Lipinski definition) is 6. The zero-order valence-electron chi connectivity index (χ0n) is 20.7. The third kappa shape index (κ3) is 5.25. The maximum atomic E-state index is 6.43. The van der Waals surface area contributed by atoms with E-state index in [1.165, 1.54) is 29.4 Å². The van der Waals surface area contributed by atoms with Gasteiger partial charge in [0.05, 0.1) is 6.20 Å². The lowest BCUT2D eigenvalue weighted by atomic mass is 9.67. The van der Waals surface area contributed by atoms with Crippen LogP contribution in [0.25, 0.3) is 0 Å². The minimum Gasteiger partial charge on any atom is -0.370 e. The molecule has 2 aromatic carbocycles. The Balaban J connectivity index is 1.27. The smallest absolute Gasteiger partial charge is 0.229 e. The third-order valence-electron chi connectivity index (χ3n) is 7.32. The van der Waals surface area contributed by atoms with Crippen LogP contribution in [0.1, 0.15) is 31.2 Å². The monoisotopic (exact) mass is 508 g/mol. The molecule has 1 spiro atoms. The van der Waals surface area contributed by atoms with Gasteiger partial charge in [-0.15, -0.1) is 0 Å². The van der Waals surface area contributed by atoms with E-state index in [0.29, 0.717) is 28.2 Å². The molecule has 5 rings (SSSR count). The van der Waals surface area contributed by atoms with Gasteiger partial charge in [-0.25, -0.2) is 4.98 Å². The van der Waals surface area contributed by atoms with Crippen molar-refractivity contribution in [2.24, 2.45) is 11.1 Å². The van der Waals surface area contributed by atoms with Crippen LogP contribution in [0.5, 0.6) is 0 Å². The first-order valence-corrected chi connectivity index (χ1v) is 14.9. The first-order valence-electron chi connectivity index (χ1n) is 12.3. The van der Waals surface area contributed by atoms with Gasteiger partial charge in [0.15, 0.2) is 5.82 Å². The second-order valence-corrected chi connectivity index (χ2v) is 12.9. The Morgan fingerprint density at radius 2 is 1.83 bits per heavy atom. The standard InChI is InChI=1S/C27H34ClN6P/c1-18-14-20(8-9-23(18)34-16-27(17-34)12-10-19(29)11-13-27)31-26-30-15-21(28)25(33-26)32-22-6-4-5-7-24(22)35(2)3/h4-9,14-15,19H,10-13,16-17,29H2,1-3H3,(H2,30,31,32,33). The van der Waals surface area contributed by atoms with Crippen molar-refractivity contribution < 1.29 is 0 Å².